The zero-order chi connectivity index (χ0) is 21.9. The van der Waals surface area contributed by atoms with Gasteiger partial charge in [-0.1, -0.05) is 54.6 Å². The topological polar surface area (TPSA) is 78.9 Å². The molecule has 0 radical (unpaired) electrons. The third-order valence-electron chi connectivity index (χ3n) is 4.38. The normalized spacial score (nSPS) is 11.2. The number of hydrogen-bond acceptors (Lipinski definition) is 6. The second-order valence-corrected chi connectivity index (χ2v) is 6.65. The molecule has 0 fully saturated rings. The molecule has 6 nitrogen and oxygen atoms in total. The molecule has 31 heavy (non-hydrogen) atoms. The molecule has 0 saturated carbocycles. The number of rotatable bonds is 9. The summed E-state index contributed by atoms with van der Waals surface area (Å²) >= 11 is 0. The van der Waals surface area contributed by atoms with Crippen LogP contribution >= 0.6 is 0 Å². The van der Waals surface area contributed by atoms with E-state index in [0.717, 1.165) is 0 Å². The Labute approximate surface area is 180 Å². The lowest BCUT2D eigenvalue weighted by Crippen LogP contribution is -2.27. The van der Waals surface area contributed by atoms with Gasteiger partial charge in [0, 0.05) is 6.42 Å². The van der Waals surface area contributed by atoms with Crippen molar-refractivity contribution in [3.8, 4) is 0 Å². The molecule has 3 rings (SSSR count). The molecule has 1 atom stereocenters. The van der Waals surface area contributed by atoms with Crippen LogP contribution in [0, 0.1) is 0 Å². The Kier molecular flexibility index (Phi) is 7.94. The Balaban J connectivity index is 1.58. The van der Waals surface area contributed by atoms with E-state index in [1.807, 2.05) is 0 Å². The lowest BCUT2D eigenvalue weighted by atomic mass is 10.2. The van der Waals surface area contributed by atoms with Crippen LogP contribution in [0.1, 0.15) is 37.5 Å². The van der Waals surface area contributed by atoms with Crippen LogP contribution in [0.15, 0.2) is 91.0 Å². The maximum absolute atomic E-state index is 12.4. The Hall–Kier alpha value is -3.93. The summed E-state index contributed by atoms with van der Waals surface area (Å²) in [6.45, 7) is -0.154. The van der Waals surface area contributed by atoms with E-state index in [1.165, 1.54) is 0 Å². The first-order valence-corrected chi connectivity index (χ1v) is 9.84. The highest BCUT2D eigenvalue weighted by molar-refractivity contribution is 5.90. The molecule has 0 heterocycles. The van der Waals surface area contributed by atoms with Gasteiger partial charge < -0.3 is 14.2 Å². The van der Waals surface area contributed by atoms with E-state index in [2.05, 4.69) is 0 Å². The summed E-state index contributed by atoms with van der Waals surface area (Å²) in [6.07, 6.45) is -0.594. The lowest BCUT2D eigenvalue weighted by molar-refractivity contribution is -0.00970. The smallest absolute Gasteiger partial charge is 0.338 e. The minimum absolute atomic E-state index is 0.00332. The van der Waals surface area contributed by atoms with Crippen LogP contribution in [0.3, 0.4) is 0 Å². The fraction of sp³-hybridized carbons (Fsp3) is 0.160. The zero-order valence-corrected chi connectivity index (χ0v) is 16.8. The summed E-state index contributed by atoms with van der Waals surface area (Å²) in [6, 6.07) is 25.6. The van der Waals surface area contributed by atoms with Gasteiger partial charge in [0.05, 0.1) is 23.3 Å². The Morgan fingerprint density at radius 2 is 1.00 bits per heavy atom. The molecule has 0 saturated heterocycles. The summed E-state index contributed by atoms with van der Waals surface area (Å²) < 4.78 is 16.1. The predicted octanol–water partition coefficient (Wildman–Crippen LogP) is 4.32. The van der Waals surface area contributed by atoms with Crippen LogP contribution in [0.25, 0.3) is 0 Å². The Bertz CT molecular complexity index is 986. The number of benzene rings is 3. The molecule has 0 aromatic heterocycles. The molecule has 0 aliphatic carbocycles. The first-order chi connectivity index (χ1) is 15.1. The van der Waals surface area contributed by atoms with E-state index >= 15 is 0 Å². The fourth-order valence-electron chi connectivity index (χ4n) is 2.74. The monoisotopic (exact) mass is 418 g/mol. The van der Waals surface area contributed by atoms with Gasteiger partial charge in [0.2, 0.25) is 0 Å². The van der Waals surface area contributed by atoms with Crippen molar-refractivity contribution in [3.63, 3.8) is 0 Å². The minimum Gasteiger partial charge on any atom is -0.462 e. The quantitative estimate of drug-likeness (QED) is 0.380. The minimum atomic E-state index is -0.774. The molecule has 0 amide bonds. The molecule has 3 aromatic rings. The second-order valence-electron chi connectivity index (χ2n) is 6.65. The Morgan fingerprint density at radius 1 is 0.581 bits per heavy atom. The van der Waals surface area contributed by atoms with Crippen molar-refractivity contribution in [1.29, 1.82) is 0 Å². The van der Waals surface area contributed by atoms with Crippen molar-refractivity contribution in [2.24, 2.45) is 0 Å². The molecule has 158 valence electrons. The SMILES string of the molecule is O=C(OCCC(COC(=O)c1ccccc1)OC(=O)c1ccccc1)c1ccccc1. The van der Waals surface area contributed by atoms with E-state index in [4.69, 9.17) is 14.2 Å². The molecule has 0 N–H and O–H groups in total. The molecule has 3 aromatic carbocycles. The van der Waals surface area contributed by atoms with Crippen LogP contribution in [-0.4, -0.2) is 37.2 Å². The van der Waals surface area contributed by atoms with Gasteiger partial charge in [0.15, 0.2) is 0 Å². The number of carbonyl (C=O) groups excluding carboxylic acids is 3. The summed E-state index contributed by atoms with van der Waals surface area (Å²) in [4.78, 5) is 36.7. The summed E-state index contributed by atoms with van der Waals surface area (Å²) in [5.74, 6) is -1.55. The van der Waals surface area contributed by atoms with Crippen LogP contribution in [0.4, 0.5) is 0 Å². The summed E-state index contributed by atoms with van der Waals surface area (Å²) in [5, 5.41) is 0. The highest BCUT2D eigenvalue weighted by atomic mass is 16.6. The van der Waals surface area contributed by atoms with E-state index in [-0.39, 0.29) is 19.6 Å². The van der Waals surface area contributed by atoms with Crippen LogP contribution in [-0.2, 0) is 14.2 Å². The van der Waals surface area contributed by atoms with Crippen LogP contribution in [0.5, 0.6) is 0 Å². The summed E-state index contributed by atoms with van der Waals surface area (Å²) in [5.41, 5.74) is 1.20. The van der Waals surface area contributed by atoms with E-state index in [1.54, 1.807) is 91.0 Å². The third kappa shape index (κ3) is 6.82. The standard InChI is InChI=1S/C25H22O6/c26-23(19-10-4-1-5-11-19)29-17-16-22(31-25(28)21-14-8-3-9-15-21)18-30-24(27)20-12-6-2-7-13-20/h1-15,22H,16-18H2. The van der Waals surface area contributed by atoms with Crippen molar-refractivity contribution in [2.75, 3.05) is 13.2 Å². The van der Waals surface area contributed by atoms with E-state index in [0.29, 0.717) is 16.7 Å². The van der Waals surface area contributed by atoms with Gasteiger partial charge in [0.1, 0.15) is 12.7 Å². The first kappa shape index (κ1) is 21.8. The summed E-state index contributed by atoms with van der Waals surface area (Å²) in [7, 11) is 0. The van der Waals surface area contributed by atoms with Gasteiger partial charge in [0.25, 0.3) is 0 Å². The van der Waals surface area contributed by atoms with Crippen LogP contribution < -0.4 is 0 Å². The van der Waals surface area contributed by atoms with Crippen LogP contribution in [0.2, 0.25) is 0 Å². The van der Waals surface area contributed by atoms with Crippen molar-refractivity contribution < 1.29 is 28.6 Å². The van der Waals surface area contributed by atoms with Gasteiger partial charge in [-0.25, -0.2) is 14.4 Å². The molecule has 0 aliphatic rings. The van der Waals surface area contributed by atoms with E-state index in [9.17, 15) is 14.4 Å². The number of hydrogen-bond donors (Lipinski definition) is 0. The average Bonchev–Trinajstić information content (AvgIpc) is 2.83. The number of carbonyl (C=O) groups is 3. The van der Waals surface area contributed by atoms with Crippen molar-refractivity contribution in [2.45, 2.75) is 12.5 Å². The average molecular weight is 418 g/mol. The first-order valence-electron chi connectivity index (χ1n) is 9.84. The van der Waals surface area contributed by atoms with Gasteiger partial charge in [-0.3, -0.25) is 0 Å². The van der Waals surface area contributed by atoms with Gasteiger partial charge in [-0.2, -0.15) is 0 Å². The molecule has 6 heteroatoms. The highest BCUT2D eigenvalue weighted by Crippen LogP contribution is 2.10. The van der Waals surface area contributed by atoms with Crippen molar-refractivity contribution in [1.82, 2.24) is 0 Å². The molecule has 0 aliphatic heterocycles. The Morgan fingerprint density at radius 3 is 1.48 bits per heavy atom. The van der Waals surface area contributed by atoms with Crippen molar-refractivity contribution in [3.05, 3.63) is 108 Å². The number of esters is 3. The maximum Gasteiger partial charge on any atom is 0.338 e. The third-order valence-corrected chi connectivity index (χ3v) is 4.38. The lowest BCUT2D eigenvalue weighted by Gasteiger charge is -2.18. The number of ether oxygens (including phenoxy) is 3. The largest absolute Gasteiger partial charge is 0.462 e. The molecule has 1 unspecified atom stereocenters. The van der Waals surface area contributed by atoms with E-state index < -0.39 is 24.0 Å². The van der Waals surface area contributed by atoms with Crippen molar-refractivity contribution >= 4 is 17.9 Å². The fourth-order valence-corrected chi connectivity index (χ4v) is 2.74. The van der Waals surface area contributed by atoms with Gasteiger partial charge in [-0.15, -0.1) is 0 Å². The zero-order valence-electron chi connectivity index (χ0n) is 16.8. The second kappa shape index (κ2) is 11.3. The highest BCUT2D eigenvalue weighted by Gasteiger charge is 2.20. The predicted molar refractivity (Wildman–Crippen MR) is 114 cm³/mol. The van der Waals surface area contributed by atoms with Gasteiger partial charge >= 0.3 is 17.9 Å². The maximum atomic E-state index is 12.4. The van der Waals surface area contributed by atoms with Gasteiger partial charge in [-0.05, 0) is 36.4 Å². The molecular weight excluding hydrogens is 396 g/mol. The molecule has 0 bridgehead atoms. The molecule has 0 spiro atoms. The molecular formula is C25H22O6.